The van der Waals surface area contributed by atoms with Crippen LogP contribution in [-0.2, 0) is 11.3 Å². The molecule has 2 fully saturated rings. The quantitative estimate of drug-likeness (QED) is 0.859. The highest BCUT2D eigenvalue weighted by molar-refractivity contribution is 6.21. The highest BCUT2D eigenvalue weighted by Crippen LogP contribution is 2.42. The number of likely N-dealkylation sites (N-methyl/N-ethyl adjacent to an activating group) is 1. The van der Waals surface area contributed by atoms with Crippen LogP contribution < -0.4 is 10.6 Å². The first-order chi connectivity index (χ1) is 10.6. The van der Waals surface area contributed by atoms with Crippen molar-refractivity contribution in [1.82, 2.24) is 14.3 Å². The molecule has 2 aliphatic rings. The monoisotopic (exact) mass is 299 g/mol. The van der Waals surface area contributed by atoms with Gasteiger partial charge in [-0.1, -0.05) is 0 Å². The molecule has 1 aliphatic heterocycles. The highest BCUT2D eigenvalue weighted by atomic mass is 16.2. The molecule has 2 aromatic heterocycles. The summed E-state index contributed by atoms with van der Waals surface area (Å²) < 4.78 is 1.88. The fourth-order valence-electron chi connectivity index (χ4n) is 2.91. The van der Waals surface area contributed by atoms with E-state index in [4.69, 9.17) is 5.73 Å². The molecule has 114 valence electrons. The Labute approximate surface area is 127 Å². The number of carbonyl (C=O) groups is 2. The third-order valence-electron chi connectivity index (χ3n) is 4.24. The molecule has 0 aromatic carbocycles. The molecular formula is C15H17N5O2. The van der Waals surface area contributed by atoms with E-state index in [1.807, 2.05) is 22.9 Å². The van der Waals surface area contributed by atoms with E-state index in [2.05, 4.69) is 4.98 Å². The molecule has 0 bridgehead atoms. The van der Waals surface area contributed by atoms with Crippen LogP contribution in [-0.4, -0.2) is 39.8 Å². The van der Waals surface area contributed by atoms with Crippen molar-refractivity contribution in [2.24, 2.45) is 5.73 Å². The third kappa shape index (κ3) is 1.89. The van der Waals surface area contributed by atoms with E-state index in [-0.39, 0.29) is 18.5 Å². The Morgan fingerprint density at radius 1 is 1.32 bits per heavy atom. The Kier molecular flexibility index (Phi) is 2.74. The fraction of sp³-hybridized carbons (Fsp3) is 0.400. The number of aromatic nitrogens is 2. The Balaban J connectivity index is 1.92. The van der Waals surface area contributed by atoms with Gasteiger partial charge in [0, 0.05) is 26.0 Å². The van der Waals surface area contributed by atoms with Gasteiger partial charge in [0.25, 0.3) is 5.91 Å². The molecule has 0 unspecified atom stereocenters. The van der Waals surface area contributed by atoms with Crippen molar-refractivity contribution in [3.05, 3.63) is 29.7 Å². The van der Waals surface area contributed by atoms with Crippen molar-refractivity contribution in [1.29, 1.82) is 0 Å². The van der Waals surface area contributed by atoms with Crippen LogP contribution in [0.1, 0.15) is 30.0 Å². The molecule has 4 rings (SSSR count). The van der Waals surface area contributed by atoms with Gasteiger partial charge in [-0.15, -0.1) is 0 Å². The minimum absolute atomic E-state index is 0.100. The average Bonchev–Trinajstić information content (AvgIpc) is 3.20. The molecule has 1 saturated carbocycles. The van der Waals surface area contributed by atoms with E-state index < -0.39 is 0 Å². The number of pyridine rings is 1. The van der Waals surface area contributed by atoms with Crippen molar-refractivity contribution < 1.29 is 9.59 Å². The van der Waals surface area contributed by atoms with Crippen molar-refractivity contribution in [2.45, 2.75) is 25.3 Å². The van der Waals surface area contributed by atoms with E-state index in [1.165, 1.54) is 9.80 Å². The van der Waals surface area contributed by atoms with Gasteiger partial charge in [-0.3, -0.25) is 4.79 Å². The van der Waals surface area contributed by atoms with Gasteiger partial charge in [-0.05, 0) is 30.4 Å². The van der Waals surface area contributed by atoms with Crippen LogP contribution in [0.25, 0.3) is 5.65 Å². The number of rotatable bonds is 3. The van der Waals surface area contributed by atoms with Gasteiger partial charge >= 0.3 is 6.03 Å². The number of amides is 3. The van der Waals surface area contributed by atoms with Gasteiger partial charge in [0.05, 0.1) is 11.4 Å². The minimum Gasteiger partial charge on any atom is -0.325 e. The van der Waals surface area contributed by atoms with Crippen LogP contribution in [0.4, 0.5) is 10.5 Å². The SMILES string of the molecule is CN1CC(=O)N(c2cc(C3CC3)cn3cc(CN)nc23)C1=O. The van der Waals surface area contributed by atoms with Crippen molar-refractivity contribution in [3.8, 4) is 0 Å². The normalized spacial score (nSPS) is 18.8. The second-order valence-corrected chi connectivity index (χ2v) is 5.97. The molecule has 1 aliphatic carbocycles. The molecule has 22 heavy (non-hydrogen) atoms. The van der Waals surface area contributed by atoms with Crippen LogP contribution in [0.2, 0.25) is 0 Å². The average molecular weight is 299 g/mol. The summed E-state index contributed by atoms with van der Waals surface area (Å²) in [5.74, 6) is 0.289. The Hall–Kier alpha value is -2.41. The zero-order valence-corrected chi connectivity index (χ0v) is 12.3. The Morgan fingerprint density at radius 2 is 2.09 bits per heavy atom. The van der Waals surface area contributed by atoms with Crippen molar-refractivity contribution in [2.75, 3.05) is 18.5 Å². The minimum atomic E-state index is -0.308. The van der Waals surface area contributed by atoms with E-state index >= 15 is 0 Å². The number of imide groups is 1. The maximum Gasteiger partial charge on any atom is 0.331 e. The van der Waals surface area contributed by atoms with Crippen LogP contribution >= 0.6 is 0 Å². The van der Waals surface area contributed by atoms with Crippen LogP contribution in [0.15, 0.2) is 18.5 Å². The van der Waals surface area contributed by atoms with Gasteiger partial charge < -0.3 is 15.0 Å². The summed E-state index contributed by atoms with van der Waals surface area (Å²) in [6.45, 7) is 0.421. The second kappa shape index (κ2) is 4.54. The lowest BCUT2D eigenvalue weighted by molar-refractivity contribution is -0.116. The molecule has 0 atom stereocenters. The van der Waals surface area contributed by atoms with E-state index in [0.717, 1.165) is 24.1 Å². The van der Waals surface area contributed by atoms with Crippen LogP contribution in [0.3, 0.4) is 0 Å². The van der Waals surface area contributed by atoms with Gasteiger partial charge in [-0.2, -0.15) is 0 Å². The topological polar surface area (TPSA) is 83.9 Å². The number of anilines is 1. The summed E-state index contributed by atoms with van der Waals surface area (Å²) in [4.78, 5) is 31.6. The number of fused-ring (bicyclic) bond motifs is 1. The summed E-state index contributed by atoms with van der Waals surface area (Å²) >= 11 is 0. The van der Waals surface area contributed by atoms with Crippen molar-refractivity contribution >= 4 is 23.3 Å². The van der Waals surface area contributed by atoms with E-state index in [9.17, 15) is 9.59 Å². The predicted octanol–water partition coefficient (Wildman–Crippen LogP) is 1.07. The highest BCUT2D eigenvalue weighted by Gasteiger charge is 2.37. The first kappa shape index (κ1) is 13.3. The smallest absolute Gasteiger partial charge is 0.325 e. The Morgan fingerprint density at radius 3 is 2.68 bits per heavy atom. The number of nitrogens with zero attached hydrogens (tertiary/aromatic N) is 4. The lowest BCUT2D eigenvalue weighted by Crippen LogP contribution is -2.32. The molecule has 7 nitrogen and oxygen atoms in total. The molecule has 7 heteroatoms. The number of urea groups is 1. The van der Waals surface area contributed by atoms with Crippen LogP contribution in [0, 0.1) is 0 Å². The molecule has 2 N–H and O–H groups in total. The number of hydrogen-bond acceptors (Lipinski definition) is 4. The Bertz CT molecular complexity index is 793. The number of nitrogens with two attached hydrogens (primary N) is 1. The summed E-state index contributed by atoms with van der Waals surface area (Å²) in [6.07, 6.45) is 6.17. The van der Waals surface area contributed by atoms with Gasteiger partial charge in [0.1, 0.15) is 6.54 Å². The molecule has 0 radical (unpaired) electrons. The second-order valence-electron chi connectivity index (χ2n) is 5.97. The van der Waals surface area contributed by atoms with E-state index in [0.29, 0.717) is 23.8 Å². The first-order valence-corrected chi connectivity index (χ1v) is 7.38. The zero-order chi connectivity index (χ0) is 15.4. The summed E-state index contributed by atoms with van der Waals surface area (Å²) in [5.41, 5.74) is 8.71. The van der Waals surface area contributed by atoms with E-state index in [1.54, 1.807) is 7.05 Å². The summed E-state index contributed by atoms with van der Waals surface area (Å²) in [6, 6.07) is 1.62. The van der Waals surface area contributed by atoms with Gasteiger partial charge in [0.15, 0.2) is 5.65 Å². The summed E-state index contributed by atoms with van der Waals surface area (Å²) in [7, 11) is 1.62. The maximum atomic E-state index is 12.3. The first-order valence-electron chi connectivity index (χ1n) is 7.38. The molecule has 0 spiro atoms. The molecule has 3 amide bonds. The predicted molar refractivity (Wildman–Crippen MR) is 80.6 cm³/mol. The van der Waals surface area contributed by atoms with Crippen molar-refractivity contribution in [3.63, 3.8) is 0 Å². The standard InChI is InChI=1S/C15H17N5O2/c1-18-8-13(21)20(15(18)22)12-4-10(9-2-3-9)6-19-7-11(5-16)17-14(12)19/h4,6-7,9H,2-3,5,8,16H2,1H3. The maximum absolute atomic E-state index is 12.3. The third-order valence-corrected chi connectivity index (χ3v) is 4.24. The fourth-order valence-corrected chi connectivity index (χ4v) is 2.91. The zero-order valence-electron chi connectivity index (χ0n) is 12.3. The molecular weight excluding hydrogens is 282 g/mol. The van der Waals surface area contributed by atoms with Gasteiger partial charge in [0.2, 0.25) is 0 Å². The number of carbonyl (C=O) groups excluding carboxylic acids is 2. The number of imidazole rings is 1. The lowest BCUT2D eigenvalue weighted by atomic mass is 10.1. The molecule has 2 aromatic rings. The largest absolute Gasteiger partial charge is 0.331 e. The molecule has 1 saturated heterocycles. The molecule has 3 heterocycles. The van der Waals surface area contributed by atoms with Crippen LogP contribution in [0.5, 0.6) is 0 Å². The lowest BCUT2D eigenvalue weighted by Gasteiger charge is -2.16. The summed E-state index contributed by atoms with van der Waals surface area (Å²) in [5, 5.41) is 0. The van der Waals surface area contributed by atoms with Gasteiger partial charge in [-0.25, -0.2) is 14.7 Å². The number of hydrogen-bond donors (Lipinski definition) is 1.